The minimum atomic E-state index is -1.96. The zero-order valence-corrected chi connectivity index (χ0v) is 19.0. The standard InChI is InChI=1S/C21H32N4O2Si/c1-8-15-9-11-16(12-10-15)17-13-25(24-23-17)19-18(20(26)22-19)14(2)27-28(6,7)21(3,4)5/h9-14,18-19H,8H2,1-7H3,(H,22,26)/t14-,18-,19-/m1/s1. The number of β-lactam (4-membered cyclic amide) rings is 1. The third kappa shape index (κ3) is 3.91. The summed E-state index contributed by atoms with van der Waals surface area (Å²) < 4.78 is 8.21. The molecule has 1 aliphatic heterocycles. The van der Waals surface area contributed by atoms with Gasteiger partial charge in [-0.25, -0.2) is 4.68 Å². The lowest BCUT2D eigenvalue weighted by Crippen LogP contribution is -2.60. The van der Waals surface area contributed by atoms with Gasteiger partial charge in [0.1, 0.15) is 17.8 Å². The number of aryl methyl sites for hydroxylation is 1. The molecule has 0 aliphatic carbocycles. The maximum absolute atomic E-state index is 12.3. The van der Waals surface area contributed by atoms with Gasteiger partial charge in [-0.2, -0.15) is 0 Å². The molecule has 2 aromatic rings. The van der Waals surface area contributed by atoms with Gasteiger partial charge in [-0.1, -0.05) is 57.2 Å². The lowest BCUT2D eigenvalue weighted by molar-refractivity contribution is -0.144. The zero-order chi connectivity index (χ0) is 20.7. The minimum absolute atomic E-state index is 0.0144. The molecule has 2 heterocycles. The van der Waals surface area contributed by atoms with Gasteiger partial charge in [0.25, 0.3) is 0 Å². The molecule has 1 aromatic heterocycles. The third-order valence-electron chi connectivity index (χ3n) is 6.18. The third-order valence-corrected chi connectivity index (χ3v) is 10.8. The van der Waals surface area contributed by atoms with Crippen molar-refractivity contribution in [1.29, 1.82) is 0 Å². The van der Waals surface area contributed by atoms with E-state index in [1.807, 2.05) is 13.1 Å². The Bertz CT molecular complexity index is 839. The minimum Gasteiger partial charge on any atom is -0.413 e. The van der Waals surface area contributed by atoms with Crippen molar-refractivity contribution in [2.75, 3.05) is 0 Å². The topological polar surface area (TPSA) is 69.0 Å². The van der Waals surface area contributed by atoms with E-state index in [0.717, 1.165) is 17.7 Å². The van der Waals surface area contributed by atoms with E-state index in [9.17, 15) is 4.79 Å². The number of rotatable bonds is 6. The van der Waals surface area contributed by atoms with E-state index in [-0.39, 0.29) is 29.1 Å². The fourth-order valence-electron chi connectivity index (χ4n) is 3.25. The first-order chi connectivity index (χ1) is 13.0. The van der Waals surface area contributed by atoms with Crippen LogP contribution in [0, 0.1) is 5.92 Å². The predicted octanol–water partition coefficient (Wildman–Crippen LogP) is 4.16. The Balaban J connectivity index is 1.75. The van der Waals surface area contributed by atoms with Crippen LogP contribution in [0.15, 0.2) is 30.5 Å². The van der Waals surface area contributed by atoms with Crippen LogP contribution < -0.4 is 5.32 Å². The molecule has 1 aliphatic rings. The fourth-order valence-corrected chi connectivity index (χ4v) is 4.68. The van der Waals surface area contributed by atoms with E-state index in [4.69, 9.17) is 4.43 Å². The van der Waals surface area contributed by atoms with Crippen molar-refractivity contribution in [1.82, 2.24) is 20.3 Å². The highest BCUT2D eigenvalue weighted by Crippen LogP contribution is 2.40. The van der Waals surface area contributed by atoms with Crippen LogP contribution in [0.25, 0.3) is 11.3 Å². The number of nitrogens with zero attached hydrogens (tertiary/aromatic N) is 3. The number of amides is 1. The van der Waals surface area contributed by atoms with Crippen LogP contribution in [-0.2, 0) is 15.6 Å². The van der Waals surface area contributed by atoms with Crippen LogP contribution in [0.4, 0.5) is 0 Å². The molecule has 0 radical (unpaired) electrons. The second-order valence-corrected chi connectivity index (χ2v) is 14.0. The lowest BCUT2D eigenvalue weighted by atomic mass is 9.92. The number of hydrogen-bond acceptors (Lipinski definition) is 4. The van der Waals surface area contributed by atoms with Gasteiger partial charge in [0.15, 0.2) is 8.32 Å². The first-order valence-electron chi connectivity index (χ1n) is 10.0. The number of carbonyl (C=O) groups excluding carboxylic acids is 1. The molecule has 0 saturated carbocycles. The van der Waals surface area contributed by atoms with E-state index in [1.54, 1.807) is 4.68 Å². The Kier molecular flexibility index (Phi) is 5.51. The summed E-state index contributed by atoms with van der Waals surface area (Å²) in [5.74, 6) is -0.244. The summed E-state index contributed by atoms with van der Waals surface area (Å²) in [4.78, 5) is 12.3. The van der Waals surface area contributed by atoms with Gasteiger partial charge < -0.3 is 9.74 Å². The summed E-state index contributed by atoms with van der Waals surface area (Å²) >= 11 is 0. The average Bonchev–Trinajstić information content (AvgIpc) is 3.07. The molecular formula is C21H32N4O2Si. The summed E-state index contributed by atoms with van der Waals surface area (Å²) in [5.41, 5.74) is 3.12. The second-order valence-electron chi connectivity index (χ2n) is 9.20. The highest BCUT2D eigenvalue weighted by Gasteiger charge is 2.48. The molecule has 1 N–H and O–H groups in total. The molecule has 0 spiro atoms. The van der Waals surface area contributed by atoms with Crippen molar-refractivity contribution in [3.63, 3.8) is 0 Å². The first kappa shape index (κ1) is 20.7. The van der Waals surface area contributed by atoms with Crippen molar-refractivity contribution in [2.24, 2.45) is 5.92 Å². The number of aromatic nitrogens is 3. The van der Waals surface area contributed by atoms with Crippen molar-refractivity contribution in [2.45, 2.75) is 71.4 Å². The zero-order valence-electron chi connectivity index (χ0n) is 18.0. The molecule has 1 amide bonds. The second kappa shape index (κ2) is 7.44. The quantitative estimate of drug-likeness (QED) is 0.584. The van der Waals surface area contributed by atoms with Crippen molar-refractivity contribution in [3.8, 4) is 11.3 Å². The van der Waals surface area contributed by atoms with Gasteiger partial charge in [-0.15, -0.1) is 5.10 Å². The lowest BCUT2D eigenvalue weighted by Gasteiger charge is -2.45. The highest BCUT2D eigenvalue weighted by atomic mass is 28.4. The van der Waals surface area contributed by atoms with Crippen LogP contribution >= 0.6 is 0 Å². The average molecular weight is 401 g/mol. The van der Waals surface area contributed by atoms with Gasteiger partial charge in [-0.05, 0) is 37.0 Å². The van der Waals surface area contributed by atoms with Gasteiger partial charge >= 0.3 is 0 Å². The Morgan fingerprint density at radius 2 is 1.89 bits per heavy atom. The Morgan fingerprint density at radius 3 is 2.43 bits per heavy atom. The van der Waals surface area contributed by atoms with Crippen LogP contribution in [0.1, 0.15) is 46.3 Å². The van der Waals surface area contributed by atoms with E-state index < -0.39 is 8.32 Å². The Hall–Kier alpha value is -1.99. The molecule has 3 atom stereocenters. The van der Waals surface area contributed by atoms with E-state index >= 15 is 0 Å². The van der Waals surface area contributed by atoms with Gasteiger partial charge in [0.2, 0.25) is 5.91 Å². The molecule has 6 nitrogen and oxygen atoms in total. The molecule has 0 bridgehead atoms. The summed E-state index contributed by atoms with van der Waals surface area (Å²) in [5, 5.41) is 11.6. The molecule has 1 fully saturated rings. The van der Waals surface area contributed by atoms with Crippen molar-refractivity contribution < 1.29 is 9.22 Å². The predicted molar refractivity (Wildman–Crippen MR) is 113 cm³/mol. The van der Waals surface area contributed by atoms with Crippen LogP contribution in [0.3, 0.4) is 0 Å². The SMILES string of the molecule is CCc1ccc(-c2cn([C@H]3NC(=O)[C@@H]3[C@@H](C)O[Si](C)(C)C(C)(C)C)nn2)cc1. The maximum atomic E-state index is 12.3. The van der Waals surface area contributed by atoms with Crippen LogP contribution in [-0.4, -0.2) is 35.3 Å². The van der Waals surface area contributed by atoms with Crippen molar-refractivity contribution >= 4 is 14.2 Å². The van der Waals surface area contributed by atoms with Crippen LogP contribution in [0.5, 0.6) is 0 Å². The molecule has 1 saturated heterocycles. The molecular weight excluding hydrogens is 368 g/mol. The smallest absolute Gasteiger partial charge is 0.231 e. The van der Waals surface area contributed by atoms with Crippen LogP contribution in [0.2, 0.25) is 18.1 Å². The molecule has 1 aromatic carbocycles. The van der Waals surface area contributed by atoms with Gasteiger partial charge in [-0.3, -0.25) is 4.79 Å². The molecule has 152 valence electrons. The Labute approximate surface area is 168 Å². The number of nitrogens with one attached hydrogen (secondary N) is 1. The number of hydrogen-bond donors (Lipinski definition) is 1. The van der Waals surface area contributed by atoms with E-state index in [1.165, 1.54) is 5.56 Å². The van der Waals surface area contributed by atoms with E-state index in [2.05, 4.69) is 80.7 Å². The van der Waals surface area contributed by atoms with E-state index in [0.29, 0.717) is 0 Å². The van der Waals surface area contributed by atoms with Crippen molar-refractivity contribution in [3.05, 3.63) is 36.0 Å². The maximum Gasteiger partial charge on any atom is 0.231 e. The molecule has 3 rings (SSSR count). The van der Waals surface area contributed by atoms with Gasteiger partial charge in [0, 0.05) is 5.56 Å². The summed E-state index contributed by atoms with van der Waals surface area (Å²) in [6.07, 6.45) is 2.52. The normalized spacial score (nSPS) is 21.2. The number of benzene rings is 1. The van der Waals surface area contributed by atoms with Gasteiger partial charge in [0.05, 0.1) is 12.3 Å². The highest BCUT2D eigenvalue weighted by molar-refractivity contribution is 6.74. The Morgan fingerprint density at radius 1 is 1.25 bits per heavy atom. The summed E-state index contributed by atoms with van der Waals surface area (Å²) in [6, 6.07) is 8.34. The molecule has 28 heavy (non-hydrogen) atoms. The number of carbonyl (C=O) groups is 1. The fraction of sp³-hybridized carbons (Fsp3) is 0.571. The monoisotopic (exact) mass is 400 g/mol. The molecule has 0 unspecified atom stereocenters. The molecule has 7 heteroatoms. The first-order valence-corrected chi connectivity index (χ1v) is 12.9. The largest absolute Gasteiger partial charge is 0.413 e. The summed E-state index contributed by atoms with van der Waals surface area (Å²) in [7, 11) is -1.96. The summed E-state index contributed by atoms with van der Waals surface area (Å²) in [6.45, 7) is 15.2.